The molecule has 142 valence electrons. The Labute approximate surface area is 153 Å². The summed E-state index contributed by atoms with van der Waals surface area (Å²) in [6.45, 7) is 2.99. The van der Waals surface area contributed by atoms with Crippen molar-refractivity contribution in [2.24, 2.45) is 5.92 Å². The maximum Gasteiger partial charge on any atom is 0.269 e. The van der Waals surface area contributed by atoms with Crippen LogP contribution in [0.2, 0.25) is 0 Å². The fourth-order valence-corrected chi connectivity index (χ4v) is 3.68. The van der Waals surface area contributed by atoms with Crippen LogP contribution in [-0.2, 0) is 16.1 Å². The van der Waals surface area contributed by atoms with Crippen LogP contribution in [0.25, 0.3) is 0 Å². The molecule has 2 fully saturated rings. The number of hydrogen-bond donors (Lipinski definition) is 0. The first-order valence-corrected chi connectivity index (χ1v) is 9.24. The number of anilines is 1. The molecule has 0 spiro atoms. The average Bonchev–Trinajstić information content (AvgIpc) is 2.94. The minimum absolute atomic E-state index is 0.0773. The number of nitrogens with zero attached hydrogens (tertiary/aromatic N) is 5. The highest BCUT2D eigenvalue weighted by Gasteiger charge is 2.28. The third-order valence-corrected chi connectivity index (χ3v) is 5.24. The summed E-state index contributed by atoms with van der Waals surface area (Å²) < 4.78 is 1.21. The largest absolute Gasteiger partial charge is 0.370 e. The van der Waals surface area contributed by atoms with Crippen molar-refractivity contribution in [3.63, 3.8) is 0 Å². The maximum atomic E-state index is 12.4. The van der Waals surface area contributed by atoms with E-state index in [2.05, 4.69) is 10.00 Å². The van der Waals surface area contributed by atoms with Crippen LogP contribution < -0.4 is 10.5 Å². The van der Waals surface area contributed by atoms with Gasteiger partial charge in [0.25, 0.3) is 5.56 Å². The molecule has 2 aliphatic rings. The normalized spacial score (nSPS) is 20.5. The zero-order valence-electron chi connectivity index (χ0n) is 15.6. The fourth-order valence-electron chi connectivity index (χ4n) is 3.68. The number of carbonyl (C=O) groups excluding carboxylic acids is 2. The molecule has 1 unspecified atom stereocenters. The van der Waals surface area contributed by atoms with Crippen LogP contribution >= 0.6 is 0 Å². The molecular formula is C18H27N5O3. The van der Waals surface area contributed by atoms with Crippen LogP contribution in [0.15, 0.2) is 17.1 Å². The Bertz CT molecular complexity index is 726. The molecule has 0 radical (unpaired) electrons. The third kappa shape index (κ3) is 4.23. The van der Waals surface area contributed by atoms with Crippen LogP contribution in [-0.4, -0.2) is 71.7 Å². The quantitative estimate of drug-likeness (QED) is 0.747. The number of rotatable bonds is 5. The molecule has 0 bridgehead atoms. The highest BCUT2D eigenvalue weighted by atomic mass is 16.2. The van der Waals surface area contributed by atoms with E-state index in [1.54, 1.807) is 36.2 Å². The molecule has 26 heavy (non-hydrogen) atoms. The predicted molar refractivity (Wildman–Crippen MR) is 97.9 cm³/mol. The molecule has 8 heteroatoms. The van der Waals surface area contributed by atoms with E-state index in [9.17, 15) is 14.4 Å². The van der Waals surface area contributed by atoms with Crippen molar-refractivity contribution in [1.82, 2.24) is 19.6 Å². The van der Waals surface area contributed by atoms with E-state index in [0.717, 1.165) is 31.6 Å². The Morgan fingerprint density at radius 1 is 1.27 bits per heavy atom. The first-order chi connectivity index (χ1) is 12.4. The molecule has 3 heterocycles. The Hall–Kier alpha value is -2.38. The van der Waals surface area contributed by atoms with Gasteiger partial charge in [-0.15, -0.1) is 0 Å². The van der Waals surface area contributed by atoms with E-state index >= 15 is 0 Å². The Morgan fingerprint density at radius 2 is 2.00 bits per heavy atom. The number of aromatic nitrogens is 2. The minimum Gasteiger partial charge on any atom is -0.370 e. The smallest absolute Gasteiger partial charge is 0.269 e. The highest BCUT2D eigenvalue weighted by Crippen LogP contribution is 2.18. The van der Waals surface area contributed by atoms with E-state index in [1.165, 1.54) is 11.1 Å². The van der Waals surface area contributed by atoms with Gasteiger partial charge in [-0.05, 0) is 19.3 Å². The molecule has 8 nitrogen and oxygen atoms in total. The summed E-state index contributed by atoms with van der Waals surface area (Å²) in [5.74, 6) is 0.0852. The van der Waals surface area contributed by atoms with Gasteiger partial charge in [-0.2, -0.15) is 5.10 Å². The second kappa shape index (κ2) is 7.88. The van der Waals surface area contributed by atoms with Crippen LogP contribution in [0.3, 0.4) is 0 Å². The number of amides is 2. The second-order valence-corrected chi connectivity index (χ2v) is 7.38. The van der Waals surface area contributed by atoms with Crippen LogP contribution in [0.5, 0.6) is 0 Å². The molecule has 2 amide bonds. The van der Waals surface area contributed by atoms with E-state index in [4.69, 9.17) is 0 Å². The van der Waals surface area contributed by atoms with Crippen molar-refractivity contribution in [2.45, 2.75) is 32.2 Å². The van der Waals surface area contributed by atoms with Crippen LogP contribution in [0.4, 0.5) is 5.69 Å². The summed E-state index contributed by atoms with van der Waals surface area (Å²) >= 11 is 0. The number of likely N-dealkylation sites (N-methyl/N-ethyl adjacent to an activating group) is 1. The first-order valence-electron chi connectivity index (χ1n) is 9.24. The van der Waals surface area contributed by atoms with E-state index in [-0.39, 0.29) is 29.8 Å². The van der Waals surface area contributed by atoms with Crippen molar-refractivity contribution in [3.05, 3.63) is 22.6 Å². The van der Waals surface area contributed by atoms with E-state index in [1.807, 2.05) is 0 Å². The van der Waals surface area contributed by atoms with Gasteiger partial charge < -0.3 is 14.7 Å². The monoisotopic (exact) mass is 361 g/mol. The number of hydrogen-bond acceptors (Lipinski definition) is 5. The Kier molecular flexibility index (Phi) is 5.58. The van der Waals surface area contributed by atoms with Crippen molar-refractivity contribution >= 4 is 17.5 Å². The van der Waals surface area contributed by atoms with Gasteiger partial charge in [-0.3, -0.25) is 14.4 Å². The lowest BCUT2D eigenvalue weighted by Gasteiger charge is -2.28. The minimum atomic E-state index is -0.259. The third-order valence-electron chi connectivity index (χ3n) is 5.24. The van der Waals surface area contributed by atoms with E-state index in [0.29, 0.717) is 19.5 Å². The lowest BCUT2D eigenvalue weighted by Crippen LogP contribution is -2.38. The van der Waals surface area contributed by atoms with Crippen LogP contribution in [0, 0.1) is 5.92 Å². The second-order valence-electron chi connectivity index (χ2n) is 7.38. The molecule has 2 aliphatic heterocycles. The summed E-state index contributed by atoms with van der Waals surface area (Å²) in [6.07, 6.45) is 5.63. The average molecular weight is 361 g/mol. The first kappa shape index (κ1) is 18.4. The zero-order chi connectivity index (χ0) is 18.7. The number of likely N-dealkylation sites (tertiary alicyclic amines) is 1. The summed E-state index contributed by atoms with van der Waals surface area (Å²) in [5.41, 5.74) is 0.574. The SMILES string of the molecule is CN1CC(CN(C)C(=O)Cn2ncc(N3CCCCC3)cc2=O)CC1=O. The molecule has 1 atom stereocenters. The summed E-state index contributed by atoms with van der Waals surface area (Å²) in [5, 5.41) is 4.18. The molecule has 0 aromatic carbocycles. The van der Waals surface area contributed by atoms with Crippen molar-refractivity contribution in [2.75, 3.05) is 45.2 Å². The number of carbonyl (C=O) groups is 2. The van der Waals surface area contributed by atoms with Crippen molar-refractivity contribution in [1.29, 1.82) is 0 Å². The fraction of sp³-hybridized carbons (Fsp3) is 0.667. The maximum absolute atomic E-state index is 12.4. The molecule has 0 N–H and O–H groups in total. The Balaban J connectivity index is 1.58. The molecule has 0 aliphatic carbocycles. The number of piperidine rings is 1. The van der Waals surface area contributed by atoms with Gasteiger partial charge in [0, 0.05) is 58.7 Å². The zero-order valence-corrected chi connectivity index (χ0v) is 15.6. The topological polar surface area (TPSA) is 78.8 Å². The van der Waals surface area contributed by atoms with Gasteiger partial charge in [-0.1, -0.05) is 0 Å². The molecule has 1 aromatic heterocycles. The van der Waals surface area contributed by atoms with Crippen molar-refractivity contribution in [3.8, 4) is 0 Å². The standard InChI is InChI=1S/C18H27N5O3/c1-20-11-14(8-16(20)24)12-21(2)18(26)13-23-17(25)9-15(10-19-23)22-6-4-3-5-7-22/h9-10,14H,3-8,11-13H2,1-2H3. The molecule has 1 aromatic rings. The molecule has 3 rings (SSSR count). The van der Waals surface area contributed by atoms with Gasteiger partial charge >= 0.3 is 0 Å². The van der Waals surface area contributed by atoms with Gasteiger partial charge in [0.2, 0.25) is 11.8 Å². The van der Waals surface area contributed by atoms with Gasteiger partial charge in [-0.25, -0.2) is 4.68 Å². The summed E-state index contributed by atoms with van der Waals surface area (Å²) in [7, 11) is 3.48. The Morgan fingerprint density at radius 3 is 2.62 bits per heavy atom. The van der Waals surface area contributed by atoms with Crippen LogP contribution in [0.1, 0.15) is 25.7 Å². The lowest BCUT2D eigenvalue weighted by molar-refractivity contribution is -0.131. The lowest BCUT2D eigenvalue weighted by atomic mass is 10.1. The predicted octanol–water partition coefficient (Wildman–Crippen LogP) is 0.170. The molecular weight excluding hydrogens is 334 g/mol. The van der Waals surface area contributed by atoms with Gasteiger partial charge in [0.1, 0.15) is 6.54 Å². The van der Waals surface area contributed by atoms with E-state index < -0.39 is 0 Å². The molecule has 2 saturated heterocycles. The van der Waals surface area contributed by atoms with Crippen molar-refractivity contribution < 1.29 is 9.59 Å². The summed E-state index contributed by atoms with van der Waals surface area (Å²) in [4.78, 5) is 41.8. The van der Waals surface area contributed by atoms with Gasteiger partial charge in [0.05, 0.1) is 11.9 Å². The highest BCUT2D eigenvalue weighted by molar-refractivity contribution is 5.79. The molecule has 0 saturated carbocycles. The summed E-state index contributed by atoms with van der Waals surface area (Å²) in [6, 6.07) is 1.57. The van der Waals surface area contributed by atoms with Gasteiger partial charge in [0.15, 0.2) is 0 Å².